The molecule has 1 N–H and O–H groups in total. The molecule has 3 aromatic carbocycles. The van der Waals surface area contributed by atoms with Crippen molar-refractivity contribution >= 4 is 15.7 Å². The smallest absolute Gasteiger partial charge is 0.290 e. The molecule has 0 saturated heterocycles. The van der Waals surface area contributed by atoms with Gasteiger partial charge in [0.2, 0.25) is 16.6 Å². The molecule has 0 saturated carbocycles. The van der Waals surface area contributed by atoms with Crippen molar-refractivity contribution in [3.8, 4) is 11.5 Å². The Morgan fingerprint density at radius 1 is 0.943 bits per heavy atom. The molecule has 2 aliphatic rings. The summed E-state index contributed by atoms with van der Waals surface area (Å²) in [5.74, 6) is -0.326. The average molecular weight is 492 g/mol. The number of aliphatic hydroxyl groups excluding tert-OH is 1. The van der Waals surface area contributed by atoms with Crippen molar-refractivity contribution in [1.29, 1.82) is 0 Å². The van der Waals surface area contributed by atoms with Gasteiger partial charge in [0, 0.05) is 6.54 Å². The van der Waals surface area contributed by atoms with Gasteiger partial charge in [-0.25, -0.2) is 8.42 Å². The van der Waals surface area contributed by atoms with Crippen molar-refractivity contribution in [1.82, 2.24) is 4.90 Å². The van der Waals surface area contributed by atoms with Crippen LogP contribution in [0, 0.1) is 6.92 Å². The molecule has 3 aromatic rings. The first-order valence-corrected chi connectivity index (χ1v) is 12.8. The van der Waals surface area contributed by atoms with Gasteiger partial charge in [-0.1, -0.05) is 55.0 Å². The van der Waals surface area contributed by atoms with Crippen LogP contribution in [0.4, 0.5) is 0 Å². The Kier molecular flexibility index (Phi) is 5.76. The maximum atomic E-state index is 13.7. The zero-order valence-electron chi connectivity index (χ0n) is 19.4. The van der Waals surface area contributed by atoms with Crippen molar-refractivity contribution in [3.63, 3.8) is 0 Å². The Labute approximate surface area is 204 Å². The molecule has 0 aliphatic carbocycles. The van der Waals surface area contributed by atoms with Gasteiger partial charge in [0.1, 0.15) is 4.91 Å². The van der Waals surface area contributed by atoms with Gasteiger partial charge < -0.3 is 19.5 Å². The molecule has 2 heterocycles. The van der Waals surface area contributed by atoms with Crippen LogP contribution in [0.5, 0.6) is 11.5 Å². The summed E-state index contributed by atoms with van der Waals surface area (Å²) in [6.45, 7) is 4.08. The zero-order chi connectivity index (χ0) is 24.7. The van der Waals surface area contributed by atoms with Gasteiger partial charge in [-0.2, -0.15) is 0 Å². The first-order valence-electron chi connectivity index (χ1n) is 11.3. The fourth-order valence-corrected chi connectivity index (χ4v) is 6.06. The molecular weight excluding hydrogens is 466 g/mol. The Hall–Kier alpha value is -3.78. The van der Waals surface area contributed by atoms with E-state index in [1.807, 2.05) is 38.1 Å². The third kappa shape index (κ3) is 4.04. The monoisotopic (exact) mass is 491 g/mol. The van der Waals surface area contributed by atoms with Crippen LogP contribution in [0.15, 0.2) is 82.3 Å². The lowest BCUT2D eigenvalue weighted by atomic mass is 10.0. The quantitative estimate of drug-likeness (QED) is 0.541. The van der Waals surface area contributed by atoms with Crippen molar-refractivity contribution in [2.75, 3.05) is 6.79 Å². The first kappa shape index (κ1) is 23.0. The second kappa shape index (κ2) is 8.78. The van der Waals surface area contributed by atoms with Gasteiger partial charge in [0.15, 0.2) is 17.3 Å². The standard InChI is InChI=1S/C27H25NO6S/c1-3-18-6-9-20(10-7-18)24-26(35(31,32)21-11-4-17(2)5-12-21)25(29)27(30)28(24)15-19-8-13-22-23(14-19)34-16-33-22/h4-14,24,29H,3,15-16H2,1-2H3. The fraction of sp³-hybridized carbons (Fsp3) is 0.222. The van der Waals surface area contributed by atoms with E-state index in [1.165, 1.54) is 17.0 Å². The number of hydrogen-bond acceptors (Lipinski definition) is 6. The van der Waals surface area contributed by atoms with Crippen LogP contribution in [0.25, 0.3) is 0 Å². The lowest BCUT2D eigenvalue weighted by Crippen LogP contribution is -2.30. The number of hydrogen-bond donors (Lipinski definition) is 1. The number of fused-ring (bicyclic) bond motifs is 1. The van der Waals surface area contributed by atoms with Crippen LogP contribution in [-0.4, -0.2) is 31.1 Å². The molecule has 8 heteroatoms. The number of aliphatic hydroxyl groups is 1. The lowest BCUT2D eigenvalue weighted by molar-refractivity contribution is -0.130. The van der Waals surface area contributed by atoms with E-state index in [-0.39, 0.29) is 23.1 Å². The van der Waals surface area contributed by atoms with Crippen LogP contribution in [0.3, 0.4) is 0 Å². The van der Waals surface area contributed by atoms with Crippen LogP contribution in [0.2, 0.25) is 0 Å². The third-order valence-corrected chi connectivity index (χ3v) is 8.26. The minimum absolute atomic E-state index is 0.0255. The van der Waals surface area contributed by atoms with E-state index < -0.39 is 27.5 Å². The SMILES string of the molecule is CCc1ccc(C2C(S(=O)(=O)c3ccc(C)cc3)=C(O)C(=O)N2Cc2ccc3c(c2)OCO3)cc1. The number of carbonyl (C=O) groups is 1. The summed E-state index contributed by atoms with van der Waals surface area (Å²) in [6, 6.07) is 18.1. The molecule has 1 unspecified atom stereocenters. The largest absolute Gasteiger partial charge is 0.502 e. The van der Waals surface area contributed by atoms with Crippen LogP contribution in [-0.2, 0) is 27.6 Å². The van der Waals surface area contributed by atoms with Crippen molar-refractivity contribution < 1.29 is 27.8 Å². The summed E-state index contributed by atoms with van der Waals surface area (Å²) < 4.78 is 38.3. The predicted molar refractivity (Wildman–Crippen MR) is 130 cm³/mol. The summed E-state index contributed by atoms with van der Waals surface area (Å²) in [6.07, 6.45) is 0.820. The molecule has 0 spiro atoms. The van der Waals surface area contributed by atoms with Gasteiger partial charge in [-0.05, 0) is 54.3 Å². The van der Waals surface area contributed by atoms with E-state index in [2.05, 4.69) is 0 Å². The number of rotatable bonds is 6. The molecule has 180 valence electrons. The third-order valence-electron chi connectivity index (χ3n) is 6.37. The second-order valence-corrected chi connectivity index (χ2v) is 10.6. The van der Waals surface area contributed by atoms with Crippen molar-refractivity contribution in [3.05, 3.63) is 99.6 Å². The lowest BCUT2D eigenvalue weighted by Gasteiger charge is -2.27. The highest BCUT2D eigenvalue weighted by molar-refractivity contribution is 7.95. The maximum Gasteiger partial charge on any atom is 0.290 e. The molecule has 0 aromatic heterocycles. The highest BCUT2D eigenvalue weighted by Gasteiger charge is 2.46. The Bertz CT molecular complexity index is 1430. The molecule has 5 rings (SSSR count). The average Bonchev–Trinajstić information content (AvgIpc) is 3.42. The number of sulfone groups is 1. The molecule has 2 aliphatic heterocycles. The Morgan fingerprint density at radius 2 is 1.60 bits per heavy atom. The van der Waals surface area contributed by atoms with Gasteiger partial charge in [0.05, 0.1) is 10.9 Å². The van der Waals surface area contributed by atoms with Gasteiger partial charge in [0.25, 0.3) is 5.91 Å². The van der Waals surface area contributed by atoms with Crippen LogP contribution < -0.4 is 9.47 Å². The normalized spacial score (nSPS) is 17.4. The maximum absolute atomic E-state index is 13.7. The number of ether oxygens (including phenoxy) is 2. The minimum atomic E-state index is -4.16. The van der Waals surface area contributed by atoms with Gasteiger partial charge >= 0.3 is 0 Å². The molecule has 0 radical (unpaired) electrons. The summed E-state index contributed by atoms with van der Waals surface area (Å²) in [7, 11) is -4.16. The van der Waals surface area contributed by atoms with Crippen LogP contribution in [0.1, 0.15) is 35.2 Å². The molecule has 1 amide bonds. The van der Waals surface area contributed by atoms with Gasteiger partial charge in [-0.3, -0.25) is 4.79 Å². The molecule has 7 nitrogen and oxygen atoms in total. The van der Waals surface area contributed by atoms with Crippen LogP contribution >= 0.6 is 0 Å². The minimum Gasteiger partial charge on any atom is -0.502 e. The number of carbonyl (C=O) groups excluding carboxylic acids is 1. The summed E-state index contributed by atoms with van der Waals surface area (Å²) in [5.41, 5.74) is 3.31. The number of amides is 1. The fourth-order valence-electron chi connectivity index (χ4n) is 4.41. The van der Waals surface area contributed by atoms with Gasteiger partial charge in [-0.15, -0.1) is 0 Å². The topological polar surface area (TPSA) is 93.1 Å². The van der Waals surface area contributed by atoms with E-state index in [4.69, 9.17) is 9.47 Å². The first-order chi connectivity index (χ1) is 16.8. The van der Waals surface area contributed by atoms with E-state index in [1.54, 1.807) is 30.3 Å². The number of benzene rings is 3. The second-order valence-electron chi connectivity index (χ2n) is 8.65. The molecular formula is C27H25NO6S. The summed E-state index contributed by atoms with van der Waals surface area (Å²) in [4.78, 5) is 14.4. The van der Waals surface area contributed by atoms with Crippen molar-refractivity contribution in [2.24, 2.45) is 0 Å². The highest BCUT2D eigenvalue weighted by atomic mass is 32.2. The summed E-state index contributed by atoms with van der Waals surface area (Å²) in [5, 5.41) is 10.9. The molecule has 0 bridgehead atoms. The predicted octanol–water partition coefficient (Wildman–Crippen LogP) is 4.61. The van der Waals surface area contributed by atoms with E-state index in [0.29, 0.717) is 17.1 Å². The highest BCUT2D eigenvalue weighted by Crippen LogP contribution is 2.44. The van der Waals surface area contributed by atoms with E-state index in [9.17, 15) is 18.3 Å². The molecule has 0 fully saturated rings. The number of nitrogens with zero attached hydrogens (tertiary/aromatic N) is 1. The molecule has 35 heavy (non-hydrogen) atoms. The zero-order valence-corrected chi connectivity index (χ0v) is 20.2. The molecule has 1 atom stereocenters. The van der Waals surface area contributed by atoms with E-state index >= 15 is 0 Å². The number of aryl methyl sites for hydroxylation is 2. The van der Waals surface area contributed by atoms with E-state index in [0.717, 1.165) is 23.1 Å². The Morgan fingerprint density at radius 3 is 2.29 bits per heavy atom. The summed E-state index contributed by atoms with van der Waals surface area (Å²) >= 11 is 0. The van der Waals surface area contributed by atoms with Crippen molar-refractivity contribution in [2.45, 2.75) is 37.8 Å². The Balaban J connectivity index is 1.60.